The van der Waals surface area contributed by atoms with Crippen molar-refractivity contribution in [2.75, 3.05) is 0 Å². The summed E-state index contributed by atoms with van der Waals surface area (Å²) in [6.45, 7) is 0. The van der Waals surface area contributed by atoms with Gasteiger partial charge in [-0.1, -0.05) is 84.9 Å². The van der Waals surface area contributed by atoms with Gasteiger partial charge < -0.3 is 4.57 Å². The molecular formula is C40H22N4. The Kier molecular flexibility index (Phi) is 4.04. The highest BCUT2D eigenvalue weighted by atomic mass is 15.0. The summed E-state index contributed by atoms with van der Waals surface area (Å²) in [6.07, 6.45) is 0. The van der Waals surface area contributed by atoms with Crippen LogP contribution in [0.2, 0.25) is 0 Å². The smallest absolute Gasteiger partial charge is 0.165 e. The van der Waals surface area contributed by atoms with Crippen molar-refractivity contribution >= 4 is 92.7 Å². The van der Waals surface area contributed by atoms with Gasteiger partial charge in [-0.3, -0.25) is 4.40 Å². The molecule has 11 aromatic rings. The molecule has 0 aliphatic heterocycles. The van der Waals surface area contributed by atoms with Crippen LogP contribution in [0.1, 0.15) is 0 Å². The van der Waals surface area contributed by atoms with Gasteiger partial charge in [-0.05, 0) is 70.1 Å². The minimum atomic E-state index is 0.908. The molecule has 4 nitrogen and oxygen atoms in total. The van der Waals surface area contributed by atoms with Crippen molar-refractivity contribution in [3.63, 3.8) is 0 Å². The molecule has 4 aromatic heterocycles. The Bertz CT molecular complexity index is 3000. The van der Waals surface area contributed by atoms with Gasteiger partial charge in [0.25, 0.3) is 0 Å². The quantitative estimate of drug-likeness (QED) is 0.201. The van der Waals surface area contributed by atoms with E-state index in [9.17, 15) is 0 Å². The molecule has 0 aliphatic carbocycles. The number of hydrogen-bond acceptors (Lipinski definition) is 2. The summed E-state index contributed by atoms with van der Waals surface area (Å²) in [4.78, 5) is 10.4. The summed E-state index contributed by atoms with van der Waals surface area (Å²) >= 11 is 0. The van der Waals surface area contributed by atoms with Crippen LogP contribution in [-0.4, -0.2) is 18.9 Å². The van der Waals surface area contributed by atoms with Crippen LogP contribution in [0.25, 0.3) is 98.4 Å². The van der Waals surface area contributed by atoms with Gasteiger partial charge in [0.2, 0.25) is 0 Å². The lowest BCUT2D eigenvalue weighted by Gasteiger charge is -2.09. The van der Waals surface area contributed by atoms with E-state index in [1.54, 1.807) is 0 Å². The van der Waals surface area contributed by atoms with E-state index in [-0.39, 0.29) is 0 Å². The van der Waals surface area contributed by atoms with E-state index in [2.05, 4.69) is 130 Å². The zero-order valence-corrected chi connectivity index (χ0v) is 23.5. The Balaban J connectivity index is 1.32. The molecule has 0 saturated heterocycles. The Morgan fingerprint density at radius 3 is 1.98 bits per heavy atom. The third kappa shape index (κ3) is 2.69. The Morgan fingerprint density at radius 1 is 0.432 bits per heavy atom. The maximum atomic E-state index is 5.20. The molecule has 0 N–H and O–H groups in total. The molecular weight excluding hydrogens is 536 g/mol. The number of benzene rings is 7. The molecule has 0 radical (unpaired) electrons. The average molecular weight is 559 g/mol. The third-order valence-corrected chi connectivity index (χ3v) is 9.58. The molecule has 202 valence electrons. The zero-order valence-electron chi connectivity index (χ0n) is 23.5. The lowest BCUT2D eigenvalue weighted by atomic mass is 10.0. The summed E-state index contributed by atoms with van der Waals surface area (Å²) in [5.74, 6) is 0. The lowest BCUT2D eigenvalue weighted by molar-refractivity contribution is 1.18. The first-order chi connectivity index (χ1) is 21.8. The van der Waals surface area contributed by atoms with Gasteiger partial charge in [0.05, 0.1) is 33.1 Å². The number of fused-ring (bicyclic) bond motifs is 14. The topological polar surface area (TPSA) is 35.1 Å². The van der Waals surface area contributed by atoms with E-state index in [0.29, 0.717) is 0 Å². The molecule has 0 unspecified atom stereocenters. The number of para-hydroxylation sites is 3. The van der Waals surface area contributed by atoms with E-state index in [1.165, 1.54) is 65.0 Å². The largest absolute Gasteiger partial charge is 0.309 e. The number of rotatable bonds is 1. The van der Waals surface area contributed by atoms with Crippen molar-refractivity contribution in [3.05, 3.63) is 133 Å². The monoisotopic (exact) mass is 558 g/mol. The van der Waals surface area contributed by atoms with Crippen molar-refractivity contribution in [3.8, 4) is 5.69 Å². The van der Waals surface area contributed by atoms with E-state index >= 15 is 0 Å². The summed E-state index contributed by atoms with van der Waals surface area (Å²) < 4.78 is 4.76. The second kappa shape index (κ2) is 7.88. The molecule has 0 atom stereocenters. The van der Waals surface area contributed by atoms with Crippen molar-refractivity contribution in [1.82, 2.24) is 18.9 Å². The predicted octanol–water partition coefficient (Wildman–Crippen LogP) is 10.2. The van der Waals surface area contributed by atoms with Crippen LogP contribution in [0.4, 0.5) is 0 Å². The van der Waals surface area contributed by atoms with Crippen LogP contribution >= 0.6 is 0 Å². The van der Waals surface area contributed by atoms with E-state index in [0.717, 1.165) is 33.4 Å². The first-order valence-electron chi connectivity index (χ1n) is 15.0. The van der Waals surface area contributed by atoms with E-state index in [4.69, 9.17) is 9.97 Å². The molecule has 44 heavy (non-hydrogen) atoms. The van der Waals surface area contributed by atoms with Crippen LogP contribution in [-0.2, 0) is 0 Å². The average Bonchev–Trinajstić information content (AvgIpc) is 3.71. The third-order valence-electron chi connectivity index (χ3n) is 9.58. The normalized spacial score (nSPS) is 12.5. The van der Waals surface area contributed by atoms with E-state index in [1.807, 2.05) is 12.1 Å². The summed E-state index contributed by atoms with van der Waals surface area (Å²) in [7, 11) is 0. The Morgan fingerprint density at radius 2 is 1.11 bits per heavy atom. The van der Waals surface area contributed by atoms with Crippen LogP contribution in [0.15, 0.2) is 133 Å². The van der Waals surface area contributed by atoms with Gasteiger partial charge in [-0.15, -0.1) is 0 Å². The molecule has 0 bridgehead atoms. The number of hydrogen-bond donors (Lipinski definition) is 0. The molecule has 4 heteroatoms. The zero-order chi connectivity index (χ0) is 28.5. The van der Waals surface area contributed by atoms with Gasteiger partial charge in [-0.2, -0.15) is 0 Å². The van der Waals surface area contributed by atoms with Gasteiger partial charge in [0.15, 0.2) is 5.65 Å². The van der Waals surface area contributed by atoms with Crippen molar-refractivity contribution in [1.29, 1.82) is 0 Å². The maximum Gasteiger partial charge on any atom is 0.165 e. The molecule has 0 saturated carbocycles. The fourth-order valence-corrected chi connectivity index (χ4v) is 7.76. The SMILES string of the molecule is c1ccc2c(c1)ccc1c2c2ccccc2n1-c1ccc2c(c1)c1cc3ccccc3c3c4nc5ccccc5nc4n2c13. The number of aromatic nitrogens is 4. The molecule has 0 aliphatic rings. The molecule has 11 rings (SSSR count). The highest BCUT2D eigenvalue weighted by Gasteiger charge is 2.23. The van der Waals surface area contributed by atoms with Crippen LogP contribution in [0, 0.1) is 0 Å². The number of nitrogens with zero attached hydrogens (tertiary/aromatic N) is 4. The summed E-state index contributed by atoms with van der Waals surface area (Å²) in [5.41, 5.74) is 9.61. The molecule has 4 heterocycles. The summed E-state index contributed by atoms with van der Waals surface area (Å²) in [6, 6.07) is 48.1. The molecule has 0 spiro atoms. The minimum absolute atomic E-state index is 0.908. The van der Waals surface area contributed by atoms with Gasteiger partial charge in [0.1, 0.15) is 5.52 Å². The first kappa shape index (κ1) is 22.6. The fraction of sp³-hybridized carbons (Fsp3) is 0. The van der Waals surface area contributed by atoms with Crippen LogP contribution in [0.5, 0.6) is 0 Å². The highest BCUT2D eigenvalue weighted by Crippen LogP contribution is 2.44. The molecule has 7 aromatic carbocycles. The second-order valence-corrected chi connectivity index (χ2v) is 11.8. The van der Waals surface area contributed by atoms with Crippen LogP contribution in [0.3, 0.4) is 0 Å². The van der Waals surface area contributed by atoms with Crippen molar-refractivity contribution < 1.29 is 0 Å². The van der Waals surface area contributed by atoms with Gasteiger partial charge in [-0.25, -0.2) is 9.97 Å². The standard InChI is InChI=1S/C40H22N4/c1-3-11-26-23(9-1)17-19-35-36(26)28-13-5-8-16-33(28)43(35)25-18-20-34-29(22-25)30-21-24-10-2-4-12-27(24)37-38-40(44(34)39(30)37)42-32-15-7-6-14-31(32)41-38/h1-22H. The highest BCUT2D eigenvalue weighted by molar-refractivity contribution is 6.30. The van der Waals surface area contributed by atoms with Crippen molar-refractivity contribution in [2.24, 2.45) is 0 Å². The first-order valence-corrected chi connectivity index (χ1v) is 15.0. The predicted molar refractivity (Wildman–Crippen MR) is 184 cm³/mol. The summed E-state index contributed by atoms with van der Waals surface area (Å²) in [5, 5.41) is 11.2. The minimum Gasteiger partial charge on any atom is -0.309 e. The lowest BCUT2D eigenvalue weighted by Crippen LogP contribution is -1.94. The maximum absolute atomic E-state index is 5.20. The fourth-order valence-electron chi connectivity index (χ4n) is 7.76. The Hall–Kier alpha value is -6.00. The molecule has 0 fully saturated rings. The Labute approximate surface area is 250 Å². The van der Waals surface area contributed by atoms with E-state index < -0.39 is 0 Å². The van der Waals surface area contributed by atoms with Crippen molar-refractivity contribution in [2.45, 2.75) is 0 Å². The van der Waals surface area contributed by atoms with Crippen LogP contribution < -0.4 is 0 Å². The van der Waals surface area contributed by atoms with Gasteiger partial charge >= 0.3 is 0 Å². The second-order valence-electron chi connectivity index (χ2n) is 11.8. The molecule has 0 amide bonds. The van der Waals surface area contributed by atoms with Gasteiger partial charge in [0, 0.05) is 32.6 Å².